The fraction of sp³-hybridized carbons (Fsp3) is 0.700. The molecule has 1 rings (SSSR count). The van der Waals surface area contributed by atoms with Crippen LogP contribution in [0.5, 0.6) is 0 Å². The Bertz CT molecular complexity index is 378. The molecule has 0 heterocycles. The Labute approximate surface area is 148 Å². The highest BCUT2D eigenvalue weighted by Crippen LogP contribution is 2.24. The zero-order chi connectivity index (χ0) is 16.8. The van der Waals surface area contributed by atoms with Crippen molar-refractivity contribution in [1.82, 2.24) is 0 Å². The molecule has 0 aliphatic rings. The number of ether oxygens (including phenoxy) is 1. The van der Waals surface area contributed by atoms with Gasteiger partial charge in [0, 0.05) is 11.9 Å². The molecule has 0 saturated heterocycles. The standard InChI is InChI=1S/C20H34O2S/c1-2-3-4-5-6-7-8-9-18-10-12-19(13-11-18)20(23)14-16-22-17-15-21/h10-13,20-21,23H,2-9,14-17H2,1H3. The lowest BCUT2D eigenvalue weighted by atomic mass is 10.0. The van der Waals surface area contributed by atoms with Crippen molar-refractivity contribution in [2.75, 3.05) is 19.8 Å². The average Bonchev–Trinajstić information content (AvgIpc) is 2.58. The molecule has 1 N–H and O–H groups in total. The second kappa shape index (κ2) is 13.9. The van der Waals surface area contributed by atoms with Gasteiger partial charge in [0.15, 0.2) is 0 Å². The van der Waals surface area contributed by atoms with Crippen molar-refractivity contribution in [2.45, 2.75) is 70.0 Å². The van der Waals surface area contributed by atoms with E-state index in [-0.39, 0.29) is 11.9 Å². The number of aliphatic hydroxyl groups excluding tert-OH is 1. The molecule has 3 heteroatoms. The molecule has 2 nitrogen and oxygen atoms in total. The maximum atomic E-state index is 8.68. The van der Waals surface area contributed by atoms with Gasteiger partial charge < -0.3 is 9.84 Å². The van der Waals surface area contributed by atoms with Gasteiger partial charge in [0.2, 0.25) is 0 Å². The molecule has 23 heavy (non-hydrogen) atoms. The van der Waals surface area contributed by atoms with E-state index in [4.69, 9.17) is 9.84 Å². The lowest BCUT2D eigenvalue weighted by Crippen LogP contribution is -2.03. The molecule has 1 aromatic rings. The summed E-state index contributed by atoms with van der Waals surface area (Å²) >= 11 is 4.64. The van der Waals surface area contributed by atoms with Gasteiger partial charge in [-0.25, -0.2) is 0 Å². The summed E-state index contributed by atoms with van der Waals surface area (Å²) < 4.78 is 5.30. The van der Waals surface area contributed by atoms with Gasteiger partial charge in [-0.05, 0) is 30.4 Å². The van der Waals surface area contributed by atoms with E-state index in [2.05, 4.69) is 43.8 Å². The zero-order valence-corrected chi connectivity index (χ0v) is 15.6. The van der Waals surface area contributed by atoms with Gasteiger partial charge in [0.05, 0.1) is 13.2 Å². The van der Waals surface area contributed by atoms with Crippen LogP contribution in [0.25, 0.3) is 0 Å². The second-order valence-corrected chi connectivity index (χ2v) is 6.88. The number of hydrogen-bond donors (Lipinski definition) is 2. The summed E-state index contributed by atoms with van der Waals surface area (Å²) in [6, 6.07) is 8.87. The third-order valence-corrected chi connectivity index (χ3v) is 4.76. The summed E-state index contributed by atoms with van der Waals surface area (Å²) in [7, 11) is 0. The number of thiol groups is 1. The van der Waals surface area contributed by atoms with Crippen molar-refractivity contribution in [1.29, 1.82) is 0 Å². The van der Waals surface area contributed by atoms with Crippen molar-refractivity contribution in [3.63, 3.8) is 0 Å². The molecule has 1 aromatic carbocycles. The Hall–Kier alpha value is -0.510. The number of aliphatic hydroxyl groups is 1. The van der Waals surface area contributed by atoms with Crippen LogP contribution in [0.3, 0.4) is 0 Å². The maximum Gasteiger partial charge on any atom is 0.0697 e. The van der Waals surface area contributed by atoms with Crippen LogP contribution in [0.4, 0.5) is 0 Å². The Morgan fingerprint density at radius 3 is 2.26 bits per heavy atom. The van der Waals surface area contributed by atoms with Gasteiger partial charge in [-0.1, -0.05) is 69.7 Å². The molecule has 1 atom stereocenters. The maximum absolute atomic E-state index is 8.68. The van der Waals surface area contributed by atoms with Crippen LogP contribution in [-0.2, 0) is 11.2 Å². The molecule has 0 amide bonds. The SMILES string of the molecule is CCCCCCCCCc1ccc(C(S)CCOCCO)cc1. The summed E-state index contributed by atoms with van der Waals surface area (Å²) in [5.74, 6) is 0. The van der Waals surface area contributed by atoms with Gasteiger partial charge in [-0.15, -0.1) is 0 Å². The topological polar surface area (TPSA) is 29.5 Å². The third kappa shape index (κ3) is 10.1. The Kier molecular flexibility index (Phi) is 12.4. The molecule has 0 aliphatic carbocycles. The summed E-state index contributed by atoms with van der Waals surface area (Å²) in [6.45, 7) is 3.41. The predicted molar refractivity (Wildman–Crippen MR) is 102 cm³/mol. The van der Waals surface area contributed by atoms with E-state index in [9.17, 15) is 0 Å². The van der Waals surface area contributed by atoms with Crippen LogP contribution in [0.15, 0.2) is 24.3 Å². The first-order valence-corrected chi connectivity index (χ1v) is 9.75. The highest BCUT2D eigenvalue weighted by molar-refractivity contribution is 7.80. The minimum absolute atomic E-state index is 0.0878. The molecule has 0 spiro atoms. The fourth-order valence-electron chi connectivity index (χ4n) is 2.72. The van der Waals surface area contributed by atoms with E-state index < -0.39 is 0 Å². The molecule has 1 unspecified atom stereocenters. The van der Waals surface area contributed by atoms with Crippen LogP contribution in [0.1, 0.15) is 74.7 Å². The van der Waals surface area contributed by atoms with Crippen molar-refractivity contribution in [3.05, 3.63) is 35.4 Å². The molecule has 0 radical (unpaired) electrons. The quantitative estimate of drug-likeness (QED) is 0.354. The number of benzene rings is 1. The predicted octanol–water partition coefficient (Wildman–Crippen LogP) is 5.35. The Morgan fingerprint density at radius 2 is 1.61 bits per heavy atom. The van der Waals surface area contributed by atoms with E-state index in [1.165, 1.54) is 62.5 Å². The first kappa shape index (κ1) is 20.5. The first-order valence-electron chi connectivity index (χ1n) is 9.23. The molecular weight excluding hydrogens is 304 g/mol. The number of unbranched alkanes of at least 4 members (excludes halogenated alkanes) is 6. The smallest absolute Gasteiger partial charge is 0.0697 e. The largest absolute Gasteiger partial charge is 0.394 e. The highest BCUT2D eigenvalue weighted by atomic mass is 32.1. The van der Waals surface area contributed by atoms with E-state index in [1.54, 1.807) is 0 Å². The second-order valence-electron chi connectivity index (χ2n) is 6.25. The van der Waals surface area contributed by atoms with Gasteiger partial charge in [-0.3, -0.25) is 0 Å². The van der Waals surface area contributed by atoms with Crippen molar-refractivity contribution in [3.8, 4) is 0 Å². The van der Waals surface area contributed by atoms with E-state index >= 15 is 0 Å². The van der Waals surface area contributed by atoms with Gasteiger partial charge in [0.25, 0.3) is 0 Å². The summed E-state index contributed by atoms with van der Waals surface area (Å²) in [5.41, 5.74) is 2.68. The molecule has 0 saturated carbocycles. The van der Waals surface area contributed by atoms with Crippen LogP contribution in [-0.4, -0.2) is 24.9 Å². The minimum Gasteiger partial charge on any atom is -0.394 e. The zero-order valence-electron chi connectivity index (χ0n) is 14.7. The van der Waals surface area contributed by atoms with E-state index in [0.717, 1.165) is 6.42 Å². The van der Waals surface area contributed by atoms with Gasteiger partial charge in [-0.2, -0.15) is 12.6 Å². The monoisotopic (exact) mass is 338 g/mol. The number of hydrogen-bond acceptors (Lipinski definition) is 3. The van der Waals surface area contributed by atoms with Crippen molar-refractivity contribution < 1.29 is 9.84 Å². The average molecular weight is 339 g/mol. The normalized spacial score (nSPS) is 12.5. The molecular formula is C20H34O2S. The van der Waals surface area contributed by atoms with Crippen LogP contribution >= 0.6 is 12.6 Å². The van der Waals surface area contributed by atoms with E-state index in [1.807, 2.05) is 0 Å². The highest BCUT2D eigenvalue weighted by Gasteiger charge is 2.06. The van der Waals surface area contributed by atoms with Gasteiger partial charge >= 0.3 is 0 Å². The summed E-state index contributed by atoms with van der Waals surface area (Å²) in [5, 5.41) is 8.89. The van der Waals surface area contributed by atoms with Gasteiger partial charge in [0.1, 0.15) is 0 Å². The molecule has 0 bridgehead atoms. The van der Waals surface area contributed by atoms with Crippen LogP contribution < -0.4 is 0 Å². The Morgan fingerprint density at radius 1 is 0.957 bits per heavy atom. The molecule has 0 aromatic heterocycles. The molecule has 0 fully saturated rings. The van der Waals surface area contributed by atoms with Crippen LogP contribution in [0.2, 0.25) is 0 Å². The van der Waals surface area contributed by atoms with Crippen molar-refractivity contribution >= 4 is 12.6 Å². The third-order valence-electron chi connectivity index (χ3n) is 4.20. The van der Waals surface area contributed by atoms with Crippen LogP contribution in [0, 0.1) is 0 Å². The summed E-state index contributed by atoms with van der Waals surface area (Å²) in [6.07, 6.45) is 11.6. The minimum atomic E-state index is 0.0878. The first-order chi connectivity index (χ1) is 11.3. The summed E-state index contributed by atoms with van der Waals surface area (Å²) in [4.78, 5) is 0. The fourth-order valence-corrected chi connectivity index (χ4v) is 3.00. The molecule has 132 valence electrons. The number of aryl methyl sites for hydroxylation is 1. The number of rotatable bonds is 14. The molecule has 0 aliphatic heterocycles. The lowest BCUT2D eigenvalue weighted by Gasteiger charge is -2.12. The lowest BCUT2D eigenvalue weighted by molar-refractivity contribution is 0.0906. The Balaban J connectivity index is 2.17. The van der Waals surface area contributed by atoms with Crippen molar-refractivity contribution in [2.24, 2.45) is 0 Å². The van der Waals surface area contributed by atoms with E-state index in [0.29, 0.717) is 13.2 Å².